The van der Waals surface area contributed by atoms with Crippen LogP contribution in [0.2, 0.25) is 0 Å². The normalized spacial score (nSPS) is 14.3. The first kappa shape index (κ1) is 18.2. The number of guanidine groups is 1. The number of hydrogen-bond donors (Lipinski definition) is 2. The Morgan fingerprint density at radius 3 is 2.77 bits per heavy atom. The van der Waals surface area contributed by atoms with Gasteiger partial charge in [-0.2, -0.15) is 0 Å². The Bertz CT molecular complexity index is 681. The first-order valence-corrected chi connectivity index (χ1v) is 9.33. The zero-order chi connectivity index (χ0) is 18.0. The fraction of sp³-hybridized carbons (Fsp3) is 0.526. The molecule has 0 bridgehead atoms. The number of rotatable bonds is 10. The minimum atomic E-state index is 0.696. The SMILES string of the molecule is CN=C(NCCCCn1cnnc1)NCc1ccccc1OCC1CC1. The van der Waals surface area contributed by atoms with Gasteiger partial charge in [-0.3, -0.25) is 4.99 Å². The van der Waals surface area contributed by atoms with Gasteiger partial charge in [-0.25, -0.2) is 0 Å². The monoisotopic (exact) mass is 356 g/mol. The Balaban J connectivity index is 1.36. The highest BCUT2D eigenvalue weighted by molar-refractivity contribution is 5.79. The molecule has 2 aromatic rings. The van der Waals surface area contributed by atoms with Gasteiger partial charge in [-0.05, 0) is 37.7 Å². The minimum Gasteiger partial charge on any atom is -0.493 e. The Morgan fingerprint density at radius 2 is 2.00 bits per heavy atom. The summed E-state index contributed by atoms with van der Waals surface area (Å²) in [6.45, 7) is 3.34. The van der Waals surface area contributed by atoms with Gasteiger partial charge in [-0.1, -0.05) is 18.2 Å². The number of nitrogens with one attached hydrogen (secondary N) is 2. The lowest BCUT2D eigenvalue weighted by Gasteiger charge is -2.15. The first-order valence-electron chi connectivity index (χ1n) is 9.33. The van der Waals surface area contributed by atoms with Gasteiger partial charge in [0.25, 0.3) is 0 Å². The lowest BCUT2D eigenvalue weighted by molar-refractivity contribution is 0.296. The van der Waals surface area contributed by atoms with Crippen LogP contribution in [-0.4, -0.2) is 40.9 Å². The topological polar surface area (TPSA) is 76.4 Å². The number of aromatic nitrogens is 3. The van der Waals surface area contributed by atoms with E-state index in [0.29, 0.717) is 6.54 Å². The van der Waals surface area contributed by atoms with Crippen molar-refractivity contribution in [3.63, 3.8) is 0 Å². The van der Waals surface area contributed by atoms with E-state index >= 15 is 0 Å². The lowest BCUT2D eigenvalue weighted by Crippen LogP contribution is -2.37. The molecule has 26 heavy (non-hydrogen) atoms. The zero-order valence-electron chi connectivity index (χ0n) is 15.4. The number of aliphatic imine (C=N–C) groups is 1. The average Bonchev–Trinajstić information content (AvgIpc) is 3.36. The summed E-state index contributed by atoms with van der Waals surface area (Å²) in [5.74, 6) is 2.53. The van der Waals surface area contributed by atoms with Crippen LogP contribution in [0.4, 0.5) is 0 Å². The number of unbranched alkanes of at least 4 members (excludes halogenated alkanes) is 1. The molecule has 0 aliphatic heterocycles. The molecule has 0 unspecified atom stereocenters. The molecule has 1 aromatic heterocycles. The van der Waals surface area contributed by atoms with Crippen LogP contribution in [0, 0.1) is 5.92 Å². The maximum Gasteiger partial charge on any atom is 0.191 e. The molecule has 0 amide bonds. The van der Waals surface area contributed by atoms with Gasteiger partial charge < -0.3 is 19.9 Å². The van der Waals surface area contributed by atoms with E-state index in [1.165, 1.54) is 12.8 Å². The second-order valence-corrected chi connectivity index (χ2v) is 6.62. The second kappa shape index (κ2) is 9.79. The van der Waals surface area contributed by atoms with E-state index < -0.39 is 0 Å². The van der Waals surface area contributed by atoms with Gasteiger partial charge in [0.1, 0.15) is 18.4 Å². The molecular weight excluding hydrogens is 328 g/mol. The molecule has 1 heterocycles. The van der Waals surface area contributed by atoms with E-state index in [1.807, 2.05) is 22.8 Å². The number of aryl methyl sites for hydroxylation is 1. The average molecular weight is 356 g/mol. The third kappa shape index (κ3) is 6.06. The molecule has 7 nitrogen and oxygen atoms in total. The van der Waals surface area contributed by atoms with Crippen LogP contribution in [0.15, 0.2) is 41.9 Å². The van der Waals surface area contributed by atoms with Gasteiger partial charge >= 0.3 is 0 Å². The molecule has 1 aliphatic carbocycles. The molecule has 0 radical (unpaired) electrons. The van der Waals surface area contributed by atoms with Crippen molar-refractivity contribution in [2.45, 2.75) is 38.8 Å². The van der Waals surface area contributed by atoms with Gasteiger partial charge in [0.15, 0.2) is 5.96 Å². The van der Waals surface area contributed by atoms with Crippen LogP contribution in [-0.2, 0) is 13.1 Å². The van der Waals surface area contributed by atoms with Crippen LogP contribution in [0.25, 0.3) is 0 Å². The van der Waals surface area contributed by atoms with Crippen molar-refractivity contribution in [3.8, 4) is 5.75 Å². The molecule has 140 valence electrons. The second-order valence-electron chi connectivity index (χ2n) is 6.62. The van der Waals surface area contributed by atoms with Gasteiger partial charge in [0.05, 0.1) is 6.61 Å². The maximum atomic E-state index is 5.96. The molecule has 0 spiro atoms. The lowest BCUT2D eigenvalue weighted by atomic mass is 10.2. The first-order chi connectivity index (χ1) is 12.8. The number of para-hydroxylation sites is 1. The van der Waals surface area contributed by atoms with Crippen LogP contribution >= 0.6 is 0 Å². The molecule has 1 aromatic carbocycles. The fourth-order valence-electron chi connectivity index (χ4n) is 2.65. The third-order valence-electron chi connectivity index (χ3n) is 4.42. The van der Waals surface area contributed by atoms with Crippen LogP contribution in [0.1, 0.15) is 31.2 Å². The van der Waals surface area contributed by atoms with E-state index in [4.69, 9.17) is 4.74 Å². The maximum absolute atomic E-state index is 5.96. The van der Waals surface area contributed by atoms with Crippen molar-refractivity contribution >= 4 is 5.96 Å². The highest BCUT2D eigenvalue weighted by Crippen LogP contribution is 2.30. The van der Waals surface area contributed by atoms with Crippen molar-refractivity contribution in [1.82, 2.24) is 25.4 Å². The number of ether oxygens (including phenoxy) is 1. The predicted octanol–water partition coefficient (Wildman–Crippen LogP) is 2.21. The summed E-state index contributed by atoms with van der Waals surface area (Å²) in [6.07, 6.45) is 8.22. The summed E-state index contributed by atoms with van der Waals surface area (Å²) in [5, 5.41) is 14.3. The highest BCUT2D eigenvalue weighted by atomic mass is 16.5. The van der Waals surface area contributed by atoms with Gasteiger partial charge in [-0.15, -0.1) is 10.2 Å². The highest BCUT2D eigenvalue weighted by Gasteiger charge is 2.22. The Labute approximate surface area is 154 Å². The largest absolute Gasteiger partial charge is 0.493 e. The quantitative estimate of drug-likeness (QED) is 0.388. The zero-order valence-corrected chi connectivity index (χ0v) is 15.4. The van der Waals surface area contributed by atoms with E-state index in [2.05, 4.69) is 31.9 Å². The molecule has 3 rings (SSSR count). The molecule has 1 aliphatic rings. The van der Waals surface area contributed by atoms with Gasteiger partial charge in [0.2, 0.25) is 0 Å². The summed E-state index contributed by atoms with van der Waals surface area (Å²) in [6, 6.07) is 8.21. The van der Waals surface area contributed by atoms with Crippen molar-refractivity contribution in [3.05, 3.63) is 42.5 Å². The number of benzene rings is 1. The van der Waals surface area contributed by atoms with E-state index in [0.717, 1.165) is 55.7 Å². The number of nitrogens with zero attached hydrogens (tertiary/aromatic N) is 4. The standard InChI is InChI=1S/C19H28N6O/c1-20-19(21-10-4-5-11-25-14-23-24-15-25)22-12-17-6-2-3-7-18(17)26-13-16-8-9-16/h2-3,6-7,14-16H,4-5,8-13H2,1H3,(H2,20,21,22). The molecular formula is C19H28N6O. The van der Waals surface area contributed by atoms with Crippen molar-refractivity contribution in [2.75, 3.05) is 20.2 Å². The molecule has 1 fully saturated rings. The van der Waals surface area contributed by atoms with Gasteiger partial charge in [0, 0.05) is 32.2 Å². The Kier molecular flexibility index (Phi) is 6.87. The minimum absolute atomic E-state index is 0.696. The van der Waals surface area contributed by atoms with Crippen molar-refractivity contribution in [1.29, 1.82) is 0 Å². The Morgan fingerprint density at radius 1 is 1.19 bits per heavy atom. The van der Waals surface area contributed by atoms with Crippen molar-refractivity contribution in [2.24, 2.45) is 10.9 Å². The summed E-state index contributed by atoms with van der Waals surface area (Å²) in [5.41, 5.74) is 1.16. The van der Waals surface area contributed by atoms with E-state index in [-0.39, 0.29) is 0 Å². The summed E-state index contributed by atoms with van der Waals surface area (Å²) < 4.78 is 7.95. The summed E-state index contributed by atoms with van der Waals surface area (Å²) in [4.78, 5) is 4.29. The van der Waals surface area contributed by atoms with Crippen molar-refractivity contribution < 1.29 is 4.74 Å². The van der Waals surface area contributed by atoms with Crippen LogP contribution in [0.5, 0.6) is 5.75 Å². The molecule has 2 N–H and O–H groups in total. The third-order valence-corrected chi connectivity index (χ3v) is 4.42. The van der Waals surface area contributed by atoms with E-state index in [1.54, 1.807) is 19.7 Å². The summed E-state index contributed by atoms with van der Waals surface area (Å²) in [7, 11) is 1.79. The molecule has 0 saturated heterocycles. The fourth-order valence-corrected chi connectivity index (χ4v) is 2.65. The van der Waals surface area contributed by atoms with Crippen LogP contribution in [0.3, 0.4) is 0 Å². The van der Waals surface area contributed by atoms with E-state index in [9.17, 15) is 0 Å². The van der Waals surface area contributed by atoms with Crippen LogP contribution < -0.4 is 15.4 Å². The predicted molar refractivity (Wildman–Crippen MR) is 102 cm³/mol. The smallest absolute Gasteiger partial charge is 0.191 e. The summed E-state index contributed by atoms with van der Waals surface area (Å²) >= 11 is 0. The molecule has 1 saturated carbocycles. The Hall–Kier alpha value is -2.57. The number of hydrogen-bond acceptors (Lipinski definition) is 4. The molecule has 0 atom stereocenters. The molecule has 7 heteroatoms.